The largest absolute Gasteiger partial charge is 0.479 e. The topological polar surface area (TPSA) is 175 Å². The van der Waals surface area contributed by atoms with Gasteiger partial charge in [0, 0.05) is 19.3 Å². The quantitative estimate of drug-likeness (QED) is 0.0228. The minimum Gasteiger partial charge on any atom is -0.479 e. The lowest BCUT2D eigenvalue weighted by Crippen LogP contribution is -2.61. The summed E-state index contributed by atoms with van der Waals surface area (Å²) in [6, 6.07) is 0. The van der Waals surface area contributed by atoms with Crippen molar-refractivity contribution in [3.8, 4) is 0 Å². The van der Waals surface area contributed by atoms with E-state index < -0.39 is 67.3 Å². The number of ether oxygens (including phenoxy) is 5. The van der Waals surface area contributed by atoms with Crippen LogP contribution in [-0.4, -0.2) is 89.2 Å². The van der Waals surface area contributed by atoms with Crippen LogP contribution in [0.25, 0.3) is 0 Å². The lowest BCUT2D eigenvalue weighted by atomic mass is 9.98. The second kappa shape index (κ2) is 57.8. The van der Waals surface area contributed by atoms with Gasteiger partial charge in [0.05, 0.1) is 6.61 Å². The van der Waals surface area contributed by atoms with Crippen molar-refractivity contribution in [3.63, 3.8) is 0 Å². The average molecular weight is 1160 g/mol. The molecule has 0 aromatic heterocycles. The van der Waals surface area contributed by atoms with Crippen LogP contribution in [0.1, 0.15) is 265 Å². The molecule has 0 aromatic carbocycles. The molecule has 0 spiro atoms. The highest BCUT2D eigenvalue weighted by atomic mass is 16.7. The van der Waals surface area contributed by atoms with Crippen LogP contribution in [0.5, 0.6) is 0 Å². The van der Waals surface area contributed by atoms with Crippen LogP contribution in [0.15, 0.2) is 109 Å². The molecule has 1 aliphatic heterocycles. The van der Waals surface area contributed by atoms with Crippen molar-refractivity contribution in [2.45, 2.75) is 302 Å². The number of aliphatic hydroxyl groups is 2. The Labute approximate surface area is 504 Å². The van der Waals surface area contributed by atoms with E-state index in [0.717, 1.165) is 154 Å². The minimum atomic E-state index is -1.92. The van der Waals surface area contributed by atoms with Crippen molar-refractivity contribution in [1.82, 2.24) is 0 Å². The zero-order chi connectivity index (χ0) is 60.3. The maximum absolute atomic E-state index is 13.2. The molecule has 0 amide bonds. The first-order valence-corrected chi connectivity index (χ1v) is 32.9. The van der Waals surface area contributed by atoms with Gasteiger partial charge in [0.15, 0.2) is 24.6 Å². The number of allylic oxidation sites excluding steroid dienone is 18. The van der Waals surface area contributed by atoms with Gasteiger partial charge in [-0.25, -0.2) is 4.79 Å². The Morgan fingerprint density at radius 1 is 0.410 bits per heavy atom. The highest BCUT2D eigenvalue weighted by Crippen LogP contribution is 2.26. The summed E-state index contributed by atoms with van der Waals surface area (Å²) < 4.78 is 28.5. The number of hydrogen-bond acceptors (Lipinski definition) is 11. The fourth-order valence-corrected chi connectivity index (χ4v) is 9.34. The van der Waals surface area contributed by atoms with E-state index in [0.29, 0.717) is 19.3 Å². The second-order valence-corrected chi connectivity index (χ2v) is 22.0. The molecule has 3 N–H and O–H groups in total. The smallest absolute Gasteiger partial charge is 0.335 e. The molecule has 1 heterocycles. The molecule has 12 nitrogen and oxygen atoms in total. The first-order valence-electron chi connectivity index (χ1n) is 32.9. The maximum Gasteiger partial charge on any atom is 0.335 e. The average Bonchev–Trinajstić information content (AvgIpc) is 3.57. The van der Waals surface area contributed by atoms with Crippen molar-refractivity contribution in [1.29, 1.82) is 0 Å². The number of aliphatic hydroxyl groups excluding tert-OH is 2. The fourth-order valence-electron chi connectivity index (χ4n) is 9.34. The van der Waals surface area contributed by atoms with E-state index in [1.807, 2.05) is 0 Å². The van der Waals surface area contributed by atoms with E-state index in [1.165, 1.54) is 51.4 Å². The van der Waals surface area contributed by atoms with Crippen LogP contribution in [0.4, 0.5) is 0 Å². The molecule has 6 unspecified atom stereocenters. The van der Waals surface area contributed by atoms with Gasteiger partial charge in [-0.2, -0.15) is 0 Å². The van der Waals surface area contributed by atoms with E-state index in [9.17, 15) is 34.5 Å². The lowest BCUT2D eigenvalue weighted by Gasteiger charge is -2.40. The van der Waals surface area contributed by atoms with Crippen LogP contribution in [0.2, 0.25) is 0 Å². The van der Waals surface area contributed by atoms with Crippen molar-refractivity contribution in [2.24, 2.45) is 0 Å². The van der Waals surface area contributed by atoms with Crippen molar-refractivity contribution >= 4 is 23.9 Å². The molecule has 0 radical (unpaired) electrons. The van der Waals surface area contributed by atoms with E-state index in [-0.39, 0.29) is 25.9 Å². The number of rotatable bonds is 55. The van der Waals surface area contributed by atoms with E-state index in [2.05, 4.69) is 130 Å². The monoisotopic (exact) mass is 1160 g/mol. The first-order chi connectivity index (χ1) is 40.6. The summed E-state index contributed by atoms with van der Waals surface area (Å²) in [6.07, 6.45) is 66.1. The zero-order valence-electron chi connectivity index (χ0n) is 52.2. The molecule has 1 rings (SSSR count). The number of unbranched alkanes of at least 4 members (excludes halogenated alkanes) is 23. The van der Waals surface area contributed by atoms with Crippen LogP contribution in [-0.2, 0) is 42.9 Å². The summed E-state index contributed by atoms with van der Waals surface area (Å²) in [5.74, 6) is -3.17. The van der Waals surface area contributed by atoms with E-state index in [4.69, 9.17) is 23.7 Å². The van der Waals surface area contributed by atoms with Gasteiger partial charge in [0.1, 0.15) is 18.8 Å². The SMILES string of the molecule is CC/C=C\C/C=C\C/C=C\C/C=C\CCCCCCCCC(=O)OCC(COC1OC(C(=O)O)C(O)C(O)C1OC(=O)CCCCCCCCCCC/C=C\C/C=C\CCCCC)OC(=O)CCCCCCC/C=C\C/C=C\C/C=C\CC. The number of esters is 3. The summed E-state index contributed by atoms with van der Waals surface area (Å²) in [6.45, 7) is 5.74. The van der Waals surface area contributed by atoms with Gasteiger partial charge in [-0.3, -0.25) is 14.4 Å². The van der Waals surface area contributed by atoms with Crippen molar-refractivity contribution < 1.29 is 58.2 Å². The van der Waals surface area contributed by atoms with Gasteiger partial charge < -0.3 is 39.0 Å². The number of hydrogen-bond donors (Lipinski definition) is 3. The number of carbonyl (C=O) groups excluding carboxylic acids is 3. The van der Waals surface area contributed by atoms with Gasteiger partial charge in [-0.05, 0) is 122 Å². The van der Waals surface area contributed by atoms with Crippen LogP contribution >= 0.6 is 0 Å². The molecule has 1 fully saturated rings. The standard InChI is InChI=1S/C71H116O12/c1-4-7-10-13-16-19-22-25-28-30-32-34-37-39-42-45-48-51-54-57-63(72)79-60-62(81-64(73)58-55-52-49-46-43-40-36-27-24-21-18-15-12-9-6-3)61-80-71-69(67(76)66(75)68(83-71)70(77)78)82-65(74)59-56-53-50-47-44-41-38-35-33-31-29-26-23-20-17-14-11-8-5-2/h7,9-10,12,16-21,25-29,32,34,36,62,66-69,71,75-76H,4-6,8,11,13-15,22-24,30-31,33,35,37-61H2,1-3H3,(H,77,78)/b10-7-,12-9-,19-16-,20-17-,21-18-,28-25-,29-26-,34-32-,36-27-. The summed E-state index contributed by atoms with van der Waals surface area (Å²) in [5.41, 5.74) is 0. The number of carboxylic acids is 1. The lowest BCUT2D eigenvalue weighted by molar-refractivity contribution is -0.301. The summed E-state index contributed by atoms with van der Waals surface area (Å²) >= 11 is 0. The maximum atomic E-state index is 13.2. The van der Waals surface area contributed by atoms with E-state index in [1.54, 1.807) is 0 Å². The Kier molecular flexibility index (Phi) is 53.2. The third kappa shape index (κ3) is 47.3. The molecule has 6 atom stereocenters. The molecule has 12 heteroatoms. The second-order valence-electron chi connectivity index (χ2n) is 22.0. The minimum absolute atomic E-state index is 0.0475. The normalized spacial score (nSPS) is 18.3. The zero-order valence-corrected chi connectivity index (χ0v) is 52.2. The van der Waals surface area contributed by atoms with Gasteiger partial charge in [-0.1, -0.05) is 233 Å². The third-order valence-electron chi connectivity index (χ3n) is 14.3. The fraction of sp³-hybridized carbons (Fsp3) is 0.690. The summed E-state index contributed by atoms with van der Waals surface area (Å²) in [5, 5.41) is 31.6. The van der Waals surface area contributed by atoms with Crippen molar-refractivity contribution in [2.75, 3.05) is 13.2 Å². The van der Waals surface area contributed by atoms with Gasteiger partial charge in [0.2, 0.25) is 0 Å². The van der Waals surface area contributed by atoms with Gasteiger partial charge >= 0.3 is 23.9 Å². The molecule has 0 aliphatic carbocycles. The Hall–Kier alpha value is -4.62. The molecule has 1 saturated heterocycles. The number of carbonyl (C=O) groups is 4. The molecular formula is C71H116O12. The van der Waals surface area contributed by atoms with Crippen molar-refractivity contribution in [3.05, 3.63) is 109 Å². The predicted octanol–water partition coefficient (Wildman–Crippen LogP) is 17.8. The third-order valence-corrected chi connectivity index (χ3v) is 14.3. The molecule has 0 aromatic rings. The Balaban J connectivity index is 2.67. The number of carboxylic acid groups (broad SMARTS) is 1. The molecule has 0 bridgehead atoms. The summed E-state index contributed by atoms with van der Waals surface area (Å²) in [7, 11) is 0. The molecular weight excluding hydrogens is 1040 g/mol. The molecule has 1 aliphatic rings. The van der Waals surface area contributed by atoms with Crippen LogP contribution < -0.4 is 0 Å². The summed E-state index contributed by atoms with van der Waals surface area (Å²) in [4.78, 5) is 51.4. The van der Waals surface area contributed by atoms with Crippen LogP contribution in [0, 0.1) is 0 Å². The Morgan fingerprint density at radius 3 is 1.16 bits per heavy atom. The Morgan fingerprint density at radius 2 is 0.759 bits per heavy atom. The Bertz CT molecular complexity index is 1860. The van der Waals surface area contributed by atoms with Gasteiger partial charge in [-0.15, -0.1) is 0 Å². The number of aliphatic carboxylic acids is 1. The molecule has 83 heavy (non-hydrogen) atoms. The van der Waals surface area contributed by atoms with Gasteiger partial charge in [0.25, 0.3) is 0 Å². The van der Waals surface area contributed by atoms with E-state index >= 15 is 0 Å². The molecule has 0 saturated carbocycles. The highest BCUT2D eigenvalue weighted by molar-refractivity contribution is 5.74. The molecule has 472 valence electrons. The van der Waals surface area contributed by atoms with Crippen LogP contribution in [0.3, 0.4) is 0 Å². The highest BCUT2D eigenvalue weighted by Gasteiger charge is 2.50. The first kappa shape index (κ1) is 76.4. The predicted molar refractivity (Wildman–Crippen MR) is 340 cm³/mol.